The molecule has 0 bridgehead atoms. The number of amides is 1. The molecule has 1 aliphatic rings. The lowest BCUT2D eigenvalue weighted by atomic mass is 10.1. The zero-order valence-corrected chi connectivity index (χ0v) is 24.5. The van der Waals surface area contributed by atoms with Gasteiger partial charge in [0.2, 0.25) is 6.41 Å². The van der Waals surface area contributed by atoms with Gasteiger partial charge >= 0.3 is 14.5 Å². The van der Waals surface area contributed by atoms with Crippen molar-refractivity contribution >= 4 is 26.7 Å². The number of aliphatic imine (C=N–C) groups is 1. The minimum atomic E-state index is -3.19. The lowest BCUT2D eigenvalue weighted by Crippen LogP contribution is -2.41. The molecule has 1 saturated heterocycles. The molecule has 10 nitrogen and oxygen atoms in total. The lowest BCUT2D eigenvalue weighted by Gasteiger charge is -2.28. The molecular formula is C26H41F2N4O6P. The number of nitrogens with one attached hydrogen (secondary N) is 2. The molecule has 4 unspecified atom stereocenters. The topological polar surface area (TPSA) is 111 Å². The van der Waals surface area contributed by atoms with E-state index in [-0.39, 0.29) is 24.5 Å². The van der Waals surface area contributed by atoms with Crippen LogP contribution in [0.5, 0.6) is 0 Å². The van der Waals surface area contributed by atoms with E-state index >= 15 is 0 Å². The van der Waals surface area contributed by atoms with Gasteiger partial charge in [-0.15, -0.1) is 0 Å². The van der Waals surface area contributed by atoms with Gasteiger partial charge in [-0.25, -0.2) is 13.9 Å². The van der Waals surface area contributed by atoms with Gasteiger partial charge in [-0.05, 0) is 44.9 Å². The Morgan fingerprint density at radius 2 is 2.00 bits per heavy atom. The SMILES string of the molecule is C=C/C=C(\C=C/C)OP(NC(C(=O)OC(C)C)C(C)C)OCC1CC(F)(F)C(N(C)/C=C\C(=NC)NC=O)O1. The number of halogens is 2. The second-order valence-corrected chi connectivity index (χ2v) is 10.4. The van der Waals surface area contributed by atoms with Crippen molar-refractivity contribution in [1.29, 1.82) is 0 Å². The molecule has 0 aromatic heterocycles. The van der Waals surface area contributed by atoms with E-state index in [2.05, 4.69) is 22.0 Å². The largest absolute Gasteiger partial charge is 0.462 e. The third-order valence-electron chi connectivity index (χ3n) is 5.16. The molecule has 0 aromatic rings. The minimum absolute atomic E-state index is 0.177. The Morgan fingerprint density at radius 1 is 1.31 bits per heavy atom. The minimum Gasteiger partial charge on any atom is -0.462 e. The maximum absolute atomic E-state index is 14.9. The quantitative estimate of drug-likeness (QED) is 0.0530. The number of ether oxygens (including phenoxy) is 2. The number of carbonyl (C=O) groups is 2. The number of nitrogens with zero attached hydrogens (tertiary/aromatic N) is 2. The Morgan fingerprint density at radius 3 is 2.54 bits per heavy atom. The number of esters is 1. The maximum atomic E-state index is 14.9. The van der Waals surface area contributed by atoms with Gasteiger partial charge in [-0.1, -0.05) is 32.6 Å². The molecular weight excluding hydrogens is 533 g/mol. The van der Waals surface area contributed by atoms with Crippen LogP contribution in [0.1, 0.15) is 41.0 Å². The molecule has 13 heteroatoms. The first kappa shape index (κ1) is 34.4. The maximum Gasteiger partial charge on any atom is 0.324 e. The smallest absolute Gasteiger partial charge is 0.324 e. The zero-order chi connectivity index (χ0) is 29.6. The summed E-state index contributed by atoms with van der Waals surface area (Å²) in [5, 5.41) is 5.42. The van der Waals surface area contributed by atoms with Crippen LogP contribution in [0.4, 0.5) is 8.78 Å². The summed E-state index contributed by atoms with van der Waals surface area (Å²) in [5.41, 5.74) is 0. The molecule has 0 aliphatic carbocycles. The van der Waals surface area contributed by atoms with E-state index in [1.165, 1.54) is 37.3 Å². The second-order valence-electron chi connectivity index (χ2n) is 9.21. The summed E-state index contributed by atoms with van der Waals surface area (Å²) in [6.45, 7) is 12.4. The standard InChI is InChI=1S/C26H41F2N4O6P/c1-9-11-20(12-10-2)38-39(31-23(18(3)4)24(34)36-19(5)6)35-16-21-15-26(27,28)25(37-21)32(8)14-13-22(29-7)30-17-33/h9-14,17-19,21,23,25,31H,1,15-16H2,2-8H3,(H,29,30,33)/b12-10-,14-13-,20-11+. The van der Waals surface area contributed by atoms with E-state index < -0.39 is 45.2 Å². The van der Waals surface area contributed by atoms with Gasteiger partial charge in [-0.3, -0.25) is 14.6 Å². The number of hydrogen-bond acceptors (Lipinski definition) is 9. The number of hydrogen-bond donors (Lipinski definition) is 2. The zero-order valence-electron chi connectivity index (χ0n) is 23.6. The Kier molecular flexibility index (Phi) is 15.1. The Hall–Kier alpha value is -2.66. The van der Waals surface area contributed by atoms with Gasteiger partial charge in [0.1, 0.15) is 17.6 Å². The first-order valence-corrected chi connectivity index (χ1v) is 13.7. The van der Waals surface area contributed by atoms with Gasteiger partial charge < -0.3 is 28.7 Å². The number of carbonyl (C=O) groups excluding carboxylic acids is 2. The van der Waals surface area contributed by atoms with Crippen molar-refractivity contribution < 1.29 is 36.9 Å². The molecule has 220 valence electrons. The van der Waals surface area contributed by atoms with Crippen LogP contribution >= 0.6 is 8.53 Å². The number of rotatable bonds is 16. The number of amidine groups is 1. The van der Waals surface area contributed by atoms with E-state index in [0.717, 1.165) is 0 Å². The van der Waals surface area contributed by atoms with E-state index in [1.807, 2.05) is 13.8 Å². The highest BCUT2D eigenvalue weighted by Crippen LogP contribution is 2.42. The van der Waals surface area contributed by atoms with Gasteiger partial charge in [0, 0.05) is 26.7 Å². The molecule has 1 rings (SSSR count). The van der Waals surface area contributed by atoms with Crippen LogP contribution in [-0.4, -0.2) is 74.2 Å². The fourth-order valence-electron chi connectivity index (χ4n) is 3.37. The fourth-order valence-corrected chi connectivity index (χ4v) is 4.79. The highest BCUT2D eigenvalue weighted by molar-refractivity contribution is 7.45. The number of alkyl halides is 2. The molecule has 1 amide bonds. The van der Waals surface area contributed by atoms with Gasteiger partial charge in [-0.2, -0.15) is 0 Å². The molecule has 1 aliphatic heterocycles. The van der Waals surface area contributed by atoms with E-state index in [1.54, 1.807) is 39.0 Å². The first-order valence-electron chi connectivity index (χ1n) is 12.5. The second kappa shape index (κ2) is 17.1. The Balaban J connectivity index is 3.04. The Bertz CT molecular complexity index is 926. The van der Waals surface area contributed by atoms with Crippen molar-refractivity contribution in [1.82, 2.24) is 15.3 Å². The summed E-state index contributed by atoms with van der Waals surface area (Å²) < 4.78 is 52.6. The normalized spacial score (nSPS) is 21.4. The van der Waals surface area contributed by atoms with Crippen LogP contribution < -0.4 is 10.4 Å². The van der Waals surface area contributed by atoms with Crippen molar-refractivity contribution in [3.63, 3.8) is 0 Å². The van der Waals surface area contributed by atoms with Crippen LogP contribution in [0.3, 0.4) is 0 Å². The summed E-state index contributed by atoms with van der Waals surface area (Å²) in [5.74, 6) is -3.23. The van der Waals surface area contributed by atoms with Crippen LogP contribution in [0.15, 0.2) is 53.9 Å². The average molecular weight is 575 g/mol. The third-order valence-corrected chi connectivity index (χ3v) is 6.41. The van der Waals surface area contributed by atoms with E-state index in [4.69, 9.17) is 18.5 Å². The third kappa shape index (κ3) is 11.9. The summed E-state index contributed by atoms with van der Waals surface area (Å²) in [7, 11) is 0.908. The molecule has 39 heavy (non-hydrogen) atoms. The van der Waals surface area contributed by atoms with Gasteiger partial charge in [0.25, 0.3) is 5.92 Å². The van der Waals surface area contributed by atoms with E-state index in [0.29, 0.717) is 12.2 Å². The van der Waals surface area contributed by atoms with E-state index in [9.17, 15) is 18.4 Å². The molecule has 0 saturated carbocycles. The Labute approximate surface area is 231 Å². The molecule has 1 fully saturated rings. The van der Waals surface area contributed by atoms with Crippen LogP contribution in [0, 0.1) is 5.92 Å². The van der Waals surface area contributed by atoms with Gasteiger partial charge in [0.05, 0.1) is 18.8 Å². The summed E-state index contributed by atoms with van der Waals surface area (Å²) >= 11 is 0. The van der Waals surface area contributed by atoms with Crippen molar-refractivity contribution in [2.45, 2.75) is 71.4 Å². The highest BCUT2D eigenvalue weighted by Gasteiger charge is 2.52. The molecule has 0 spiro atoms. The predicted molar refractivity (Wildman–Crippen MR) is 148 cm³/mol. The fraction of sp³-hybridized carbons (Fsp3) is 0.577. The van der Waals surface area contributed by atoms with Crippen LogP contribution in [0.25, 0.3) is 0 Å². The monoisotopic (exact) mass is 574 g/mol. The van der Waals surface area contributed by atoms with Crippen LogP contribution in [-0.2, 0) is 28.1 Å². The molecule has 2 N–H and O–H groups in total. The van der Waals surface area contributed by atoms with Crippen molar-refractivity contribution in [3.05, 3.63) is 48.9 Å². The molecule has 1 heterocycles. The number of allylic oxidation sites excluding steroid dienone is 4. The molecule has 0 aromatic carbocycles. The first-order chi connectivity index (χ1) is 18.4. The lowest BCUT2D eigenvalue weighted by molar-refractivity contribution is -0.150. The van der Waals surface area contributed by atoms with Crippen molar-refractivity contribution in [2.24, 2.45) is 10.9 Å². The van der Waals surface area contributed by atoms with Gasteiger partial charge in [0.15, 0.2) is 6.23 Å². The summed E-state index contributed by atoms with van der Waals surface area (Å²) in [6.07, 6.45) is 6.30. The predicted octanol–water partition coefficient (Wildman–Crippen LogP) is 4.43. The molecule has 0 radical (unpaired) electrons. The van der Waals surface area contributed by atoms with Crippen molar-refractivity contribution in [2.75, 3.05) is 20.7 Å². The van der Waals surface area contributed by atoms with Crippen LogP contribution in [0.2, 0.25) is 0 Å². The summed E-state index contributed by atoms with van der Waals surface area (Å²) in [6, 6.07) is -0.765. The van der Waals surface area contributed by atoms with Crippen molar-refractivity contribution in [3.8, 4) is 0 Å². The average Bonchev–Trinajstić information content (AvgIpc) is 3.16. The molecule has 4 atom stereocenters. The summed E-state index contributed by atoms with van der Waals surface area (Å²) in [4.78, 5) is 28.4. The highest BCUT2D eigenvalue weighted by atomic mass is 31.2.